The number of hydrogen-bond donors (Lipinski definition) is 2. The van der Waals surface area contributed by atoms with Crippen molar-refractivity contribution in [1.82, 2.24) is 14.5 Å². The number of hydrogen-bond acceptors (Lipinski definition) is 4. The molecule has 0 unspecified atom stereocenters. The largest absolute Gasteiger partial charge is 0.356 e. The standard InChI is InChI=1S/C25H26FN5/c1-31-24(20-8-10-22(26)11-9-20)23(19-12-15-28-16-13-19)30-25(31)29-14-4-7-18-5-2-3-6-21(18)17-27/h2-3,5-6,8-13,15-16H,4,7,14,17,27H2,1H3,(H,29,30). The van der Waals surface area contributed by atoms with Crippen LogP contribution in [0.25, 0.3) is 22.5 Å². The summed E-state index contributed by atoms with van der Waals surface area (Å²) in [6, 6.07) is 18.7. The van der Waals surface area contributed by atoms with E-state index >= 15 is 0 Å². The van der Waals surface area contributed by atoms with E-state index < -0.39 is 0 Å². The van der Waals surface area contributed by atoms with E-state index in [1.165, 1.54) is 23.3 Å². The second kappa shape index (κ2) is 9.53. The molecule has 2 aromatic heterocycles. The summed E-state index contributed by atoms with van der Waals surface area (Å²) in [4.78, 5) is 8.98. The third-order valence-electron chi connectivity index (χ3n) is 5.41. The van der Waals surface area contributed by atoms with Gasteiger partial charge in [-0.25, -0.2) is 9.37 Å². The van der Waals surface area contributed by atoms with Crippen LogP contribution in [0.15, 0.2) is 73.1 Å². The Kier molecular flexibility index (Phi) is 6.38. The summed E-state index contributed by atoms with van der Waals surface area (Å²) in [7, 11) is 1.97. The van der Waals surface area contributed by atoms with Crippen LogP contribution in [0, 0.1) is 5.82 Å². The minimum Gasteiger partial charge on any atom is -0.356 e. The van der Waals surface area contributed by atoms with Crippen LogP contribution in [0.4, 0.5) is 10.3 Å². The highest BCUT2D eigenvalue weighted by atomic mass is 19.1. The van der Waals surface area contributed by atoms with Gasteiger partial charge in [0.05, 0.1) is 11.4 Å². The third-order valence-corrected chi connectivity index (χ3v) is 5.41. The maximum absolute atomic E-state index is 13.5. The first-order valence-electron chi connectivity index (χ1n) is 10.4. The Balaban J connectivity index is 1.56. The van der Waals surface area contributed by atoms with Crippen LogP contribution in [0.2, 0.25) is 0 Å². The lowest BCUT2D eigenvalue weighted by Gasteiger charge is -2.10. The van der Waals surface area contributed by atoms with Crippen molar-refractivity contribution in [3.63, 3.8) is 0 Å². The molecule has 0 aliphatic carbocycles. The molecule has 2 heterocycles. The fourth-order valence-corrected chi connectivity index (χ4v) is 3.79. The van der Waals surface area contributed by atoms with Gasteiger partial charge in [-0.2, -0.15) is 0 Å². The number of nitrogens with two attached hydrogens (primary N) is 1. The molecule has 0 radical (unpaired) electrons. The molecular formula is C25H26FN5. The highest BCUT2D eigenvalue weighted by molar-refractivity contribution is 5.80. The summed E-state index contributed by atoms with van der Waals surface area (Å²) in [6.45, 7) is 1.34. The molecule has 0 atom stereocenters. The Hall–Kier alpha value is -3.51. The molecule has 6 heteroatoms. The van der Waals surface area contributed by atoms with Gasteiger partial charge in [-0.1, -0.05) is 24.3 Å². The zero-order valence-electron chi connectivity index (χ0n) is 17.6. The van der Waals surface area contributed by atoms with Crippen LogP contribution < -0.4 is 11.1 Å². The first-order valence-corrected chi connectivity index (χ1v) is 10.4. The smallest absolute Gasteiger partial charge is 0.203 e. The average Bonchev–Trinajstić information content (AvgIpc) is 3.14. The number of benzene rings is 2. The molecule has 0 amide bonds. The number of aromatic nitrogens is 3. The van der Waals surface area contributed by atoms with E-state index in [4.69, 9.17) is 10.7 Å². The van der Waals surface area contributed by atoms with Crippen LogP contribution in [-0.4, -0.2) is 21.1 Å². The highest BCUT2D eigenvalue weighted by Gasteiger charge is 2.18. The lowest BCUT2D eigenvalue weighted by atomic mass is 10.0. The van der Waals surface area contributed by atoms with E-state index in [0.29, 0.717) is 6.54 Å². The first-order chi connectivity index (χ1) is 15.2. The fraction of sp³-hybridized carbons (Fsp3) is 0.200. The molecule has 3 N–H and O–H groups in total. The predicted octanol–water partition coefficient (Wildman–Crippen LogP) is 4.79. The van der Waals surface area contributed by atoms with Crippen LogP contribution in [-0.2, 0) is 20.0 Å². The molecule has 0 saturated heterocycles. The Morgan fingerprint density at radius 1 is 0.935 bits per heavy atom. The monoisotopic (exact) mass is 415 g/mol. The van der Waals surface area contributed by atoms with E-state index in [1.807, 2.05) is 29.8 Å². The van der Waals surface area contributed by atoms with Gasteiger partial charge in [0.25, 0.3) is 0 Å². The predicted molar refractivity (Wildman–Crippen MR) is 123 cm³/mol. The summed E-state index contributed by atoms with van der Waals surface area (Å²) >= 11 is 0. The van der Waals surface area contributed by atoms with Crippen LogP contribution in [0.1, 0.15) is 17.5 Å². The zero-order chi connectivity index (χ0) is 21.6. The molecule has 31 heavy (non-hydrogen) atoms. The van der Waals surface area contributed by atoms with Crippen LogP contribution in [0.5, 0.6) is 0 Å². The van der Waals surface area contributed by atoms with Gasteiger partial charge in [0.15, 0.2) is 0 Å². The van der Waals surface area contributed by atoms with Gasteiger partial charge in [0.1, 0.15) is 5.82 Å². The number of imidazole rings is 1. The maximum Gasteiger partial charge on any atom is 0.203 e. The number of pyridine rings is 1. The van der Waals surface area contributed by atoms with Gasteiger partial charge in [-0.05, 0) is 60.4 Å². The number of rotatable bonds is 8. The zero-order valence-corrected chi connectivity index (χ0v) is 17.6. The van der Waals surface area contributed by atoms with Gasteiger partial charge in [0, 0.05) is 43.7 Å². The number of nitrogens with zero attached hydrogens (tertiary/aromatic N) is 3. The molecule has 0 saturated carbocycles. The van der Waals surface area contributed by atoms with E-state index in [2.05, 4.69) is 28.5 Å². The molecule has 4 aromatic rings. The van der Waals surface area contributed by atoms with Gasteiger partial charge >= 0.3 is 0 Å². The second-order valence-electron chi connectivity index (χ2n) is 7.44. The van der Waals surface area contributed by atoms with E-state index in [0.717, 1.165) is 47.8 Å². The summed E-state index contributed by atoms with van der Waals surface area (Å²) in [5.41, 5.74) is 12.0. The van der Waals surface area contributed by atoms with Crippen LogP contribution in [0.3, 0.4) is 0 Å². The topological polar surface area (TPSA) is 68.8 Å². The van der Waals surface area contributed by atoms with E-state index in [-0.39, 0.29) is 5.82 Å². The lowest BCUT2D eigenvalue weighted by Crippen LogP contribution is -2.09. The minimum absolute atomic E-state index is 0.257. The summed E-state index contributed by atoms with van der Waals surface area (Å²) in [6.07, 6.45) is 5.41. The van der Waals surface area contributed by atoms with E-state index in [1.54, 1.807) is 24.5 Å². The Morgan fingerprint density at radius 3 is 2.35 bits per heavy atom. The molecule has 5 nitrogen and oxygen atoms in total. The first kappa shape index (κ1) is 20.8. The quantitative estimate of drug-likeness (QED) is 0.406. The van der Waals surface area contributed by atoms with Crippen LogP contribution >= 0.6 is 0 Å². The van der Waals surface area contributed by atoms with E-state index in [9.17, 15) is 4.39 Å². The number of anilines is 1. The molecule has 2 aromatic carbocycles. The lowest BCUT2D eigenvalue weighted by molar-refractivity contribution is 0.628. The molecule has 0 aliphatic heterocycles. The van der Waals surface area contributed by atoms with Crippen molar-refractivity contribution < 1.29 is 4.39 Å². The number of nitrogens with one attached hydrogen (secondary N) is 1. The molecular weight excluding hydrogens is 389 g/mol. The van der Waals surface area contributed by atoms with Gasteiger partial charge in [0.2, 0.25) is 5.95 Å². The van der Waals surface area contributed by atoms with Gasteiger partial charge in [-0.3, -0.25) is 4.98 Å². The SMILES string of the molecule is Cn1c(NCCCc2ccccc2CN)nc(-c2ccncc2)c1-c1ccc(F)cc1. The summed E-state index contributed by atoms with van der Waals surface area (Å²) < 4.78 is 15.5. The van der Waals surface area contributed by atoms with Crippen molar-refractivity contribution in [1.29, 1.82) is 0 Å². The van der Waals surface area contributed by atoms with Crippen molar-refractivity contribution in [3.05, 3.63) is 90.0 Å². The molecule has 4 rings (SSSR count). The number of aryl methyl sites for hydroxylation is 1. The Labute approximate surface area is 181 Å². The molecule has 0 fully saturated rings. The highest BCUT2D eigenvalue weighted by Crippen LogP contribution is 2.33. The molecule has 0 spiro atoms. The molecule has 0 aliphatic rings. The van der Waals surface area contributed by atoms with Crippen molar-refractivity contribution in [3.8, 4) is 22.5 Å². The summed E-state index contributed by atoms with van der Waals surface area (Å²) in [5, 5.41) is 3.46. The second-order valence-corrected chi connectivity index (χ2v) is 7.44. The molecule has 158 valence electrons. The van der Waals surface area contributed by atoms with Crippen molar-refractivity contribution in [2.75, 3.05) is 11.9 Å². The summed E-state index contributed by atoms with van der Waals surface area (Å²) in [5.74, 6) is 0.519. The van der Waals surface area contributed by atoms with Crippen molar-refractivity contribution >= 4 is 5.95 Å². The minimum atomic E-state index is -0.257. The molecule has 0 bridgehead atoms. The Bertz CT molecular complexity index is 1140. The average molecular weight is 416 g/mol. The Morgan fingerprint density at radius 2 is 1.65 bits per heavy atom. The fourth-order valence-electron chi connectivity index (χ4n) is 3.79. The van der Waals surface area contributed by atoms with Gasteiger partial charge < -0.3 is 15.6 Å². The van der Waals surface area contributed by atoms with Crippen molar-refractivity contribution in [2.45, 2.75) is 19.4 Å². The van der Waals surface area contributed by atoms with Gasteiger partial charge in [-0.15, -0.1) is 0 Å². The van der Waals surface area contributed by atoms with Crippen molar-refractivity contribution in [2.24, 2.45) is 12.8 Å². The normalized spacial score (nSPS) is 10.9. The maximum atomic E-state index is 13.5. The number of halogens is 1. The third kappa shape index (κ3) is 4.64.